The average Bonchev–Trinajstić information content (AvgIpc) is 2.47. The van der Waals surface area contributed by atoms with Crippen LogP contribution >= 0.6 is 11.6 Å². The molecule has 2 aromatic rings. The number of nitrogens with one attached hydrogen (secondary N) is 1. The Labute approximate surface area is 138 Å². The Morgan fingerprint density at radius 2 is 1.83 bits per heavy atom. The summed E-state index contributed by atoms with van der Waals surface area (Å²) in [5.74, 6) is -2.04. The molecule has 120 valence electrons. The topological polar surface area (TPSA) is 29.1 Å². The van der Waals surface area contributed by atoms with Crippen molar-refractivity contribution in [1.29, 1.82) is 0 Å². The summed E-state index contributed by atoms with van der Waals surface area (Å²) in [6.07, 6.45) is 3.35. The summed E-state index contributed by atoms with van der Waals surface area (Å²) in [5.41, 5.74) is 0.564. The van der Waals surface area contributed by atoms with Crippen molar-refractivity contribution in [3.63, 3.8) is 0 Å². The molecule has 0 aromatic heterocycles. The van der Waals surface area contributed by atoms with E-state index < -0.39 is 17.5 Å². The molecule has 0 radical (unpaired) electrons. The van der Waals surface area contributed by atoms with Crippen molar-refractivity contribution >= 4 is 17.5 Å². The number of hydrogen-bond donors (Lipinski definition) is 1. The molecule has 2 aromatic carbocycles. The number of carbonyl (C=O) groups excluding carboxylic acids is 1. The van der Waals surface area contributed by atoms with Crippen molar-refractivity contribution < 1.29 is 13.6 Å². The number of halogens is 3. The number of hydrogen-bond acceptors (Lipinski definition) is 1. The Morgan fingerprint density at radius 1 is 1.13 bits per heavy atom. The van der Waals surface area contributed by atoms with Crippen LogP contribution in [0.25, 0.3) is 0 Å². The van der Waals surface area contributed by atoms with Crippen LogP contribution in [0.2, 0.25) is 5.02 Å². The molecule has 0 saturated heterocycles. The first kappa shape index (κ1) is 15.9. The van der Waals surface area contributed by atoms with Crippen molar-refractivity contribution in [3.8, 4) is 0 Å². The third kappa shape index (κ3) is 3.53. The van der Waals surface area contributed by atoms with Gasteiger partial charge in [0.05, 0.1) is 5.56 Å². The number of rotatable bonds is 4. The first-order chi connectivity index (χ1) is 11.0. The van der Waals surface area contributed by atoms with E-state index in [9.17, 15) is 13.6 Å². The normalized spacial score (nSPS) is 15.8. The van der Waals surface area contributed by atoms with Gasteiger partial charge in [0.25, 0.3) is 5.91 Å². The van der Waals surface area contributed by atoms with Gasteiger partial charge in [-0.05, 0) is 55.5 Å². The van der Waals surface area contributed by atoms with Gasteiger partial charge in [0.2, 0.25) is 0 Å². The maximum absolute atomic E-state index is 13.8. The van der Waals surface area contributed by atoms with E-state index >= 15 is 0 Å². The quantitative estimate of drug-likeness (QED) is 0.875. The molecule has 0 heterocycles. The summed E-state index contributed by atoms with van der Waals surface area (Å²) in [6.45, 7) is 0. The highest BCUT2D eigenvalue weighted by Gasteiger charge is 2.38. The van der Waals surface area contributed by atoms with Crippen molar-refractivity contribution in [2.45, 2.75) is 31.2 Å². The van der Waals surface area contributed by atoms with Gasteiger partial charge < -0.3 is 5.32 Å². The lowest BCUT2D eigenvalue weighted by molar-refractivity contribution is 0.0822. The lowest BCUT2D eigenvalue weighted by Crippen LogP contribution is -2.55. The summed E-state index contributed by atoms with van der Waals surface area (Å²) in [6, 6.07) is 10.5. The van der Waals surface area contributed by atoms with Crippen LogP contribution in [0.15, 0.2) is 42.5 Å². The van der Waals surface area contributed by atoms with Crippen LogP contribution in [0.1, 0.15) is 35.2 Å². The molecule has 0 unspecified atom stereocenters. The van der Waals surface area contributed by atoms with Crippen molar-refractivity contribution in [2.24, 2.45) is 0 Å². The molecule has 0 atom stereocenters. The van der Waals surface area contributed by atoms with Gasteiger partial charge in [-0.25, -0.2) is 8.78 Å². The summed E-state index contributed by atoms with van der Waals surface area (Å²) < 4.78 is 26.7. The Balaban J connectivity index is 1.75. The van der Waals surface area contributed by atoms with Crippen LogP contribution < -0.4 is 5.32 Å². The Kier molecular flexibility index (Phi) is 4.35. The van der Waals surface area contributed by atoms with Gasteiger partial charge in [-0.2, -0.15) is 0 Å². The van der Waals surface area contributed by atoms with E-state index in [0.29, 0.717) is 11.4 Å². The first-order valence-electron chi connectivity index (χ1n) is 7.49. The first-order valence-corrected chi connectivity index (χ1v) is 7.87. The second kappa shape index (κ2) is 6.28. The largest absolute Gasteiger partial charge is 0.346 e. The molecule has 1 saturated carbocycles. The fourth-order valence-electron chi connectivity index (χ4n) is 2.92. The zero-order chi connectivity index (χ0) is 16.4. The molecular weight excluding hydrogens is 320 g/mol. The van der Waals surface area contributed by atoms with Crippen LogP contribution in [0.5, 0.6) is 0 Å². The van der Waals surface area contributed by atoms with Gasteiger partial charge in [-0.1, -0.05) is 23.7 Å². The number of carbonyl (C=O) groups is 1. The number of amides is 1. The van der Waals surface area contributed by atoms with E-state index in [4.69, 9.17) is 11.6 Å². The average molecular weight is 336 g/mol. The molecule has 3 rings (SSSR count). The second-order valence-electron chi connectivity index (χ2n) is 6.02. The van der Waals surface area contributed by atoms with Gasteiger partial charge >= 0.3 is 0 Å². The van der Waals surface area contributed by atoms with E-state index in [1.165, 1.54) is 6.07 Å². The summed E-state index contributed by atoms with van der Waals surface area (Å²) in [7, 11) is 0. The zero-order valence-electron chi connectivity index (χ0n) is 12.4. The highest BCUT2D eigenvalue weighted by Crippen LogP contribution is 2.35. The number of benzene rings is 2. The maximum atomic E-state index is 13.8. The van der Waals surface area contributed by atoms with Crippen molar-refractivity contribution in [3.05, 3.63) is 70.2 Å². The van der Waals surface area contributed by atoms with E-state index in [2.05, 4.69) is 5.32 Å². The van der Waals surface area contributed by atoms with Crippen LogP contribution in [-0.4, -0.2) is 11.4 Å². The van der Waals surface area contributed by atoms with Gasteiger partial charge in [0.15, 0.2) is 0 Å². The molecule has 0 bridgehead atoms. The molecule has 1 amide bonds. The van der Waals surface area contributed by atoms with Crippen molar-refractivity contribution in [1.82, 2.24) is 5.32 Å². The van der Waals surface area contributed by atoms with E-state index in [-0.39, 0.29) is 11.1 Å². The third-order valence-corrected chi connectivity index (χ3v) is 4.57. The smallest absolute Gasteiger partial charge is 0.254 e. The van der Waals surface area contributed by atoms with E-state index in [0.717, 1.165) is 37.0 Å². The van der Waals surface area contributed by atoms with Gasteiger partial charge in [-0.15, -0.1) is 0 Å². The van der Waals surface area contributed by atoms with Crippen LogP contribution in [0.4, 0.5) is 8.78 Å². The minimum atomic E-state index is -0.844. The minimum Gasteiger partial charge on any atom is -0.346 e. The van der Waals surface area contributed by atoms with Crippen LogP contribution in [0.3, 0.4) is 0 Å². The molecule has 1 aliphatic carbocycles. The van der Waals surface area contributed by atoms with Gasteiger partial charge in [-0.3, -0.25) is 4.79 Å². The Morgan fingerprint density at radius 3 is 2.39 bits per heavy atom. The standard InChI is InChI=1S/C18H16ClF2NO/c19-13-4-2-12(3-5-13)11-18(8-1-9-18)22-17(23)15-7-6-14(20)10-16(15)21/h2-7,10H,1,8-9,11H2,(H,22,23). The van der Waals surface area contributed by atoms with Crippen LogP contribution in [-0.2, 0) is 6.42 Å². The molecule has 1 fully saturated rings. The van der Waals surface area contributed by atoms with Gasteiger partial charge in [0.1, 0.15) is 11.6 Å². The third-order valence-electron chi connectivity index (χ3n) is 4.32. The highest BCUT2D eigenvalue weighted by molar-refractivity contribution is 6.30. The Hall–Kier alpha value is -1.94. The fourth-order valence-corrected chi connectivity index (χ4v) is 3.05. The minimum absolute atomic E-state index is 0.131. The molecule has 5 heteroatoms. The van der Waals surface area contributed by atoms with E-state index in [1.807, 2.05) is 24.3 Å². The zero-order valence-corrected chi connectivity index (χ0v) is 13.2. The molecule has 23 heavy (non-hydrogen) atoms. The summed E-state index contributed by atoms with van der Waals surface area (Å²) in [4.78, 5) is 12.3. The molecule has 1 N–H and O–H groups in total. The molecular formula is C18H16ClF2NO. The monoisotopic (exact) mass is 335 g/mol. The molecule has 0 spiro atoms. The maximum Gasteiger partial charge on any atom is 0.254 e. The van der Waals surface area contributed by atoms with Gasteiger partial charge in [0, 0.05) is 16.6 Å². The Bertz CT molecular complexity index is 726. The van der Waals surface area contributed by atoms with Crippen molar-refractivity contribution in [2.75, 3.05) is 0 Å². The predicted molar refractivity (Wildman–Crippen MR) is 85.6 cm³/mol. The lowest BCUT2D eigenvalue weighted by Gasteiger charge is -2.43. The van der Waals surface area contributed by atoms with Crippen LogP contribution in [0, 0.1) is 11.6 Å². The molecule has 0 aliphatic heterocycles. The predicted octanol–water partition coefficient (Wildman–Crippen LogP) is 4.51. The molecule has 2 nitrogen and oxygen atoms in total. The highest BCUT2D eigenvalue weighted by atomic mass is 35.5. The lowest BCUT2D eigenvalue weighted by atomic mass is 9.72. The second-order valence-corrected chi connectivity index (χ2v) is 6.45. The fraction of sp³-hybridized carbons (Fsp3) is 0.278. The summed E-state index contributed by atoms with van der Waals surface area (Å²) in [5, 5.41) is 3.60. The van der Waals surface area contributed by atoms with E-state index in [1.54, 1.807) is 0 Å². The molecule has 1 aliphatic rings. The summed E-state index contributed by atoms with van der Waals surface area (Å²) >= 11 is 5.88. The SMILES string of the molecule is O=C(NC1(Cc2ccc(Cl)cc2)CCC1)c1ccc(F)cc1F.